The molecule has 2 aliphatic heterocycles. The normalized spacial score (nSPS) is 22.9. The number of amides is 4. The van der Waals surface area contributed by atoms with E-state index in [9.17, 15) is 14.4 Å². The highest BCUT2D eigenvalue weighted by atomic mass is 32.1. The Morgan fingerprint density at radius 2 is 1.88 bits per heavy atom. The maximum absolute atomic E-state index is 13.4. The van der Waals surface area contributed by atoms with Gasteiger partial charge in [0.15, 0.2) is 0 Å². The van der Waals surface area contributed by atoms with E-state index < -0.39 is 11.6 Å². The quantitative estimate of drug-likeness (QED) is 0.538. The number of benzene rings is 2. The number of imide groups is 1. The molecule has 8 heteroatoms. The van der Waals surface area contributed by atoms with Crippen molar-refractivity contribution in [3.8, 4) is 0 Å². The maximum Gasteiger partial charge on any atom is 0.325 e. The van der Waals surface area contributed by atoms with Gasteiger partial charge in [-0.05, 0) is 56.7 Å². The number of hydrogen-bond acceptors (Lipinski definition) is 5. The lowest BCUT2D eigenvalue weighted by Gasteiger charge is -2.35. The molecule has 1 aromatic heterocycles. The smallest absolute Gasteiger partial charge is 0.325 e. The molecule has 176 valence electrons. The van der Waals surface area contributed by atoms with Crippen LogP contribution in [-0.2, 0) is 16.0 Å². The Bertz CT molecular complexity index is 1190. The number of carbonyl (C=O) groups is 3. The summed E-state index contributed by atoms with van der Waals surface area (Å²) >= 11 is 1.61. The molecule has 3 heterocycles. The van der Waals surface area contributed by atoms with Gasteiger partial charge in [-0.3, -0.25) is 14.5 Å². The van der Waals surface area contributed by atoms with E-state index in [0.29, 0.717) is 19.4 Å². The Labute approximate surface area is 202 Å². The van der Waals surface area contributed by atoms with Gasteiger partial charge in [0.2, 0.25) is 5.91 Å². The first-order chi connectivity index (χ1) is 16.4. The molecule has 0 unspecified atom stereocenters. The number of nitrogens with one attached hydrogen (secondary N) is 1. The van der Waals surface area contributed by atoms with Gasteiger partial charge >= 0.3 is 6.03 Å². The Morgan fingerprint density at radius 1 is 1.12 bits per heavy atom. The van der Waals surface area contributed by atoms with Gasteiger partial charge in [-0.2, -0.15) is 0 Å². The Hall–Kier alpha value is -3.26. The second kappa shape index (κ2) is 9.18. The molecule has 1 N–H and O–H groups in total. The zero-order chi connectivity index (χ0) is 23.7. The van der Waals surface area contributed by atoms with Crippen molar-refractivity contribution < 1.29 is 14.4 Å². The fourth-order valence-corrected chi connectivity index (χ4v) is 5.96. The zero-order valence-electron chi connectivity index (χ0n) is 19.2. The number of urea groups is 1. The van der Waals surface area contributed by atoms with Crippen molar-refractivity contribution in [2.24, 2.45) is 0 Å². The molecule has 2 aromatic carbocycles. The van der Waals surface area contributed by atoms with Gasteiger partial charge < -0.3 is 10.2 Å². The monoisotopic (exact) mass is 476 g/mol. The molecule has 4 amide bonds. The Morgan fingerprint density at radius 3 is 2.68 bits per heavy atom. The van der Waals surface area contributed by atoms with Crippen molar-refractivity contribution in [1.82, 2.24) is 20.1 Å². The SMILES string of the molecule is C[C@@]1(CCc2ccccc2)NC(=O)N(CC(=O)N2CCCC[C@H]2c2nc3ccccc3s2)C1=O. The molecular weight excluding hydrogens is 448 g/mol. The van der Waals surface area contributed by atoms with Crippen molar-refractivity contribution in [1.29, 1.82) is 0 Å². The lowest BCUT2D eigenvalue weighted by Crippen LogP contribution is -2.47. The van der Waals surface area contributed by atoms with Gasteiger partial charge in [0.1, 0.15) is 17.1 Å². The van der Waals surface area contributed by atoms with Crippen LogP contribution in [0.2, 0.25) is 0 Å². The van der Waals surface area contributed by atoms with Crippen molar-refractivity contribution in [2.75, 3.05) is 13.1 Å². The molecule has 34 heavy (non-hydrogen) atoms. The molecule has 2 saturated heterocycles. The van der Waals surface area contributed by atoms with E-state index in [1.54, 1.807) is 23.2 Å². The summed E-state index contributed by atoms with van der Waals surface area (Å²) in [6, 6.07) is 17.2. The van der Waals surface area contributed by atoms with Gasteiger partial charge in [0.25, 0.3) is 5.91 Å². The van der Waals surface area contributed by atoms with E-state index in [-0.39, 0.29) is 24.4 Å². The highest BCUT2D eigenvalue weighted by molar-refractivity contribution is 7.18. The average molecular weight is 477 g/mol. The molecule has 3 aromatic rings. The molecular formula is C26H28N4O3S. The van der Waals surface area contributed by atoms with Crippen LogP contribution in [-0.4, -0.2) is 51.3 Å². The van der Waals surface area contributed by atoms with E-state index in [2.05, 4.69) is 5.32 Å². The Kier molecular flexibility index (Phi) is 6.08. The van der Waals surface area contributed by atoms with Crippen LogP contribution in [0.4, 0.5) is 4.79 Å². The highest BCUT2D eigenvalue weighted by Gasteiger charge is 2.48. The van der Waals surface area contributed by atoms with Gasteiger partial charge in [-0.15, -0.1) is 11.3 Å². The minimum Gasteiger partial charge on any atom is -0.332 e. The number of para-hydroxylation sites is 1. The molecule has 0 bridgehead atoms. The Balaban J connectivity index is 1.29. The van der Waals surface area contributed by atoms with Crippen LogP contribution in [0.25, 0.3) is 10.2 Å². The number of piperidine rings is 1. The van der Waals surface area contributed by atoms with Gasteiger partial charge in [-0.25, -0.2) is 9.78 Å². The average Bonchev–Trinajstić information content (AvgIpc) is 3.38. The first-order valence-electron chi connectivity index (χ1n) is 11.8. The predicted octanol–water partition coefficient (Wildman–Crippen LogP) is 4.29. The van der Waals surface area contributed by atoms with Crippen molar-refractivity contribution in [3.63, 3.8) is 0 Å². The summed E-state index contributed by atoms with van der Waals surface area (Å²) < 4.78 is 1.10. The lowest BCUT2D eigenvalue weighted by molar-refractivity contribution is -0.141. The standard InChI is InChI=1S/C26H28N4O3S/c1-26(15-14-18-9-3-2-4-10-18)24(32)30(25(33)28-26)17-22(31)29-16-8-7-12-20(29)23-27-19-11-5-6-13-21(19)34-23/h2-6,9-11,13,20H,7-8,12,14-17H2,1H3,(H,28,33)/t20-,26-/m0/s1. The summed E-state index contributed by atoms with van der Waals surface area (Å²) in [6.45, 7) is 2.10. The first-order valence-corrected chi connectivity index (χ1v) is 12.6. The number of likely N-dealkylation sites (tertiary alicyclic amines) is 1. The third-order valence-corrected chi connectivity index (χ3v) is 7.95. The molecule has 7 nitrogen and oxygen atoms in total. The van der Waals surface area contributed by atoms with Crippen LogP contribution < -0.4 is 5.32 Å². The van der Waals surface area contributed by atoms with Crippen LogP contribution in [0, 0.1) is 0 Å². The fourth-order valence-electron chi connectivity index (χ4n) is 4.84. The van der Waals surface area contributed by atoms with Crippen LogP contribution in [0.15, 0.2) is 54.6 Å². The second-order valence-corrected chi connectivity index (χ2v) is 10.3. The zero-order valence-corrected chi connectivity index (χ0v) is 20.0. The van der Waals surface area contributed by atoms with Crippen LogP contribution >= 0.6 is 11.3 Å². The van der Waals surface area contributed by atoms with E-state index in [1.165, 1.54) is 0 Å². The molecule has 5 rings (SSSR count). The van der Waals surface area contributed by atoms with E-state index in [4.69, 9.17) is 4.98 Å². The predicted molar refractivity (Wildman–Crippen MR) is 131 cm³/mol. The highest BCUT2D eigenvalue weighted by Crippen LogP contribution is 2.36. The molecule has 0 aliphatic carbocycles. The van der Waals surface area contributed by atoms with Crippen LogP contribution in [0.1, 0.15) is 49.2 Å². The topological polar surface area (TPSA) is 82.6 Å². The van der Waals surface area contributed by atoms with Gasteiger partial charge in [0, 0.05) is 6.54 Å². The van der Waals surface area contributed by atoms with Crippen molar-refractivity contribution in [2.45, 2.75) is 50.6 Å². The summed E-state index contributed by atoms with van der Waals surface area (Å²) in [5.41, 5.74) is 1.03. The number of nitrogens with zero attached hydrogens (tertiary/aromatic N) is 3. The van der Waals surface area contributed by atoms with Crippen LogP contribution in [0.3, 0.4) is 0 Å². The fraction of sp³-hybridized carbons (Fsp3) is 0.385. The molecule has 0 radical (unpaired) electrons. The number of aryl methyl sites for hydroxylation is 1. The van der Waals surface area contributed by atoms with Crippen LogP contribution in [0.5, 0.6) is 0 Å². The summed E-state index contributed by atoms with van der Waals surface area (Å²) in [5.74, 6) is -0.546. The number of rotatable bonds is 6. The second-order valence-electron chi connectivity index (χ2n) is 9.26. The molecule has 2 aliphatic rings. The van der Waals surface area contributed by atoms with Crippen molar-refractivity contribution in [3.05, 3.63) is 65.2 Å². The summed E-state index contributed by atoms with van der Waals surface area (Å²) in [6.07, 6.45) is 3.90. The minimum absolute atomic E-state index is 0.121. The summed E-state index contributed by atoms with van der Waals surface area (Å²) in [7, 11) is 0. The summed E-state index contributed by atoms with van der Waals surface area (Å²) in [5, 5.41) is 3.74. The van der Waals surface area contributed by atoms with Gasteiger partial charge in [-0.1, -0.05) is 42.5 Å². The third-order valence-electron chi connectivity index (χ3n) is 6.81. The number of carbonyl (C=O) groups excluding carboxylic acids is 3. The summed E-state index contributed by atoms with van der Waals surface area (Å²) in [4.78, 5) is 46.9. The van der Waals surface area contributed by atoms with E-state index in [0.717, 1.165) is 45.0 Å². The van der Waals surface area contributed by atoms with Gasteiger partial charge in [0.05, 0.1) is 16.3 Å². The van der Waals surface area contributed by atoms with E-state index in [1.807, 2.05) is 54.6 Å². The minimum atomic E-state index is -1.01. The maximum atomic E-state index is 13.4. The number of aromatic nitrogens is 1. The molecule has 0 spiro atoms. The largest absolute Gasteiger partial charge is 0.332 e. The number of thiazole rings is 1. The molecule has 2 atom stereocenters. The first kappa shape index (κ1) is 22.5. The number of hydrogen-bond donors (Lipinski definition) is 1. The molecule has 2 fully saturated rings. The molecule has 0 saturated carbocycles. The van der Waals surface area contributed by atoms with Crippen molar-refractivity contribution >= 4 is 39.4 Å². The lowest BCUT2D eigenvalue weighted by atomic mass is 9.93. The van der Waals surface area contributed by atoms with E-state index >= 15 is 0 Å². The number of fused-ring (bicyclic) bond motifs is 1. The third kappa shape index (κ3) is 4.30.